The van der Waals surface area contributed by atoms with Gasteiger partial charge >= 0.3 is 18.0 Å². The number of carbonyl (C=O) groups excluding carboxylic acids is 2. The number of para-hydroxylation sites is 1. The van der Waals surface area contributed by atoms with Gasteiger partial charge in [-0.25, -0.2) is 14.4 Å². The average Bonchev–Trinajstić information content (AvgIpc) is 3.37. The minimum absolute atomic E-state index is 0.0194. The quantitative estimate of drug-likeness (QED) is 0.241. The summed E-state index contributed by atoms with van der Waals surface area (Å²) in [4.78, 5) is 55.8. The summed E-state index contributed by atoms with van der Waals surface area (Å²) in [5, 5.41) is 20.0. The van der Waals surface area contributed by atoms with Crippen LogP contribution < -0.4 is 0 Å². The average molecular weight is 544 g/mol. The number of hydrogen-bond acceptors (Lipinski definition) is 5. The van der Waals surface area contributed by atoms with Crippen LogP contribution in [0, 0.1) is 0 Å². The highest BCUT2D eigenvalue weighted by atomic mass is 16.5. The Labute approximate surface area is 230 Å². The number of nitrogens with zero attached hydrogens (tertiary/aromatic N) is 2. The van der Waals surface area contributed by atoms with E-state index < -0.39 is 36.5 Å². The predicted octanol–water partition coefficient (Wildman–Crippen LogP) is 4.16. The first-order chi connectivity index (χ1) is 19.3. The number of aromatic nitrogens is 1. The zero-order valence-electron chi connectivity index (χ0n) is 21.8. The molecule has 0 aliphatic carbocycles. The third-order valence-corrected chi connectivity index (χ3v) is 6.62. The molecular formula is C30H29N3O7. The molecule has 1 atom stereocenters. The Balaban J connectivity index is 1.68. The zero-order chi connectivity index (χ0) is 28.6. The van der Waals surface area contributed by atoms with Crippen LogP contribution in [0.15, 0.2) is 85.1 Å². The van der Waals surface area contributed by atoms with Gasteiger partial charge < -0.3 is 24.8 Å². The topological polar surface area (TPSA) is 140 Å². The Morgan fingerprint density at radius 1 is 0.850 bits per heavy atom. The SMILES string of the molecule is COC(=O)C(Cc1c[nH]c2ccccc12)N(Cc1ccc(C(=O)O)cc1)C(=O)CN(Cc1ccccc1)C(=O)O. The first-order valence-electron chi connectivity index (χ1n) is 12.5. The number of carbonyl (C=O) groups is 4. The van der Waals surface area contributed by atoms with Crippen molar-refractivity contribution in [1.29, 1.82) is 0 Å². The number of fused-ring (bicyclic) bond motifs is 1. The number of H-pyrrole nitrogens is 1. The maximum Gasteiger partial charge on any atom is 0.408 e. The highest BCUT2D eigenvalue weighted by Gasteiger charge is 2.33. The fourth-order valence-corrected chi connectivity index (χ4v) is 4.54. The molecule has 3 aromatic carbocycles. The van der Waals surface area contributed by atoms with Gasteiger partial charge in [-0.1, -0.05) is 60.7 Å². The standard InChI is InChI=1S/C30H29N3O7/c1-40-29(37)26(15-23-16-31-25-10-6-5-9-24(23)25)33(18-21-11-13-22(14-12-21)28(35)36)27(34)19-32(30(38)39)17-20-7-3-2-4-8-20/h2-14,16,26,31H,15,17-19H2,1H3,(H,35,36)(H,38,39). The number of carboxylic acid groups (broad SMARTS) is 2. The molecule has 40 heavy (non-hydrogen) atoms. The number of amides is 2. The molecule has 10 heteroatoms. The molecule has 1 heterocycles. The molecule has 0 aliphatic rings. The molecule has 0 saturated carbocycles. The van der Waals surface area contributed by atoms with Gasteiger partial charge in [-0.05, 0) is 34.9 Å². The lowest BCUT2D eigenvalue weighted by atomic mass is 10.0. The predicted molar refractivity (Wildman–Crippen MR) is 147 cm³/mol. The van der Waals surface area contributed by atoms with Crippen molar-refractivity contribution in [2.45, 2.75) is 25.6 Å². The molecule has 1 aromatic heterocycles. The van der Waals surface area contributed by atoms with Crippen LogP contribution in [0.3, 0.4) is 0 Å². The van der Waals surface area contributed by atoms with Crippen molar-refractivity contribution in [3.63, 3.8) is 0 Å². The Hall–Kier alpha value is -5.12. The van der Waals surface area contributed by atoms with Gasteiger partial charge in [-0.3, -0.25) is 9.69 Å². The summed E-state index contributed by atoms with van der Waals surface area (Å²) in [6, 6.07) is 21.3. The molecule has 0 bridgehead atoms. The molecule has 10 nitrogen and oxygen atoms in total. The van der Waals surface area contributed by atoms with Crippen LogP contribution in [-0.4, -0.2) is 68.6 Å². The second-order valence-electron chi connectivity index (χ2n) is 9.25. The van der Waals surface area contributed by atoms with Crippen LogP contribution in [-0.2, 0) is 33.8 Å². The molecule has 0 saturated heterocycles. The maximum absolute atomic E-state index is 13.8. The van der Waals surface area contributed by atoms with Gasteiger partial charge in [-0.15, -0.1) is 0 Å². The van der Waals surface area contributed by atoms with E-state index in [9.17, 15) is 29.4 Å². The fourth-order valence-electron chi connectivity index (χ4n) is 4.54. The van der Waals surface area contributed by atoms with Gasteiger partial charge in [0.2, 0.25) is 5.91 Å². The summed E-state index contributed by atoms with van der Waals surface area (Å²) < 4.78 is 5.09. The lowest BCUT2D eigenvalue weighted by Crippen LogP contribution is -2.50. The van der Waals surface area contributed by atoms with E-state index >= 15 is 0 Å². The maximum atomic E-state index is 13.8. The normalized spacial score (nSPS) is 11.5. The molecule has 0 spiro atoms. The second-order valence-corrected chi connectivity index (χ2v) is 9.25. The van der Waals surface area contributed by atoms with Crippen molar-refractivity contribution in [2.75, 3.05) is 13.7 Å². The van der Waals surface area contributed by atoms with Crippen LogP contribution >= 0.6 is 0 Å². The minimum Gasteiger partial charge on any atom is -0.478 e. The van der Waals surface area contributed by atoms with E-state index in [-0.39, 0.29) is 25.1 Å². The molecular weight excluding hydrogens is 514 g/mol. The van der Waals surface area contributed by atoms with Gasteiger partial charge in [0, 0.05) is 36.6 Å². The van der Waals surface area contributed by atoms with Gasteiger partial charge in [0.15, 0.2) is 0 Å². The Bertz CT molecular complexity index is 1500. The summed E-state index contributed by atoms with van der Waals surface area (Å²) in [7, 11) is 1.23. The monoisotopic (exact) mass is 543 g/mol. The number of rotatable bonds is 11. The highest BCUT2D eigenvalue weighted by molar-refractivity contribution is 5.89. The van der Waals surface area contributed by atoms with E-state index in [0.29, 0.717) is 11.1 Å². The number of benzene rings is 3. The number of methoxy groups -OCH3 is 1. The van der Waals surface area contributed by atoms with Crippen LogP contribution in [0.1, 0.15) is 27.0 Å². The molecule has 0 radical (unpaired) electrons. The summed E-state index contributed by atoms with van der Waals surface area (Å²) in [5.74, 6) is -2.36. The van der Waals surface area contributed by atoms with Crippen molar-refractivity contribution in [2.24, 2.45) is 0 Å². The molecule has 0 fully saturated rings. The number of ether oxygens (including phenoxy) is 1. The lowest BCUT2D eigenvalue weighted by Gasteiger charge is -2.32. The number of carboxylic acids is 1. The summed E-state index contributed by atoms with van der Waals surface area (Å²) in [6.07, 6.45) is 0.597. The molecule has 1 unspecified atom stereocenters. The van der Waals surface area contributed by atoms with Gasteiger partial charge in [0.1, 0.15) is 12.6 Å². The van der Waals surface area contributed by atoms with Crippen molar-refractivity contribution >= 4 is 34.8 Å². The number of aromatic carboxylic acids is 1. The van der Waals surface area contributed by atoms with Crippen molar-refractivity contribution in [3.8, 4) is 0 Å². The molecule has 4 rings (SSSR count). The van der Waals surface area contributed by atoms with Crippen molar-refractivity contribution in [3.05, 3.63) is 107 Å². The molecule has 4 aromatic rings. The third kappa shape index (κ3) is 6.65. The second kappa shape index (κ2) is 12.6. The van der Waals surface area contributed by atoms with Crippen LogP contribution in [0.25, 0.3) is 10.9 Å². The van der Waals surface area contributed by atoms with E-state index in [1.165, 1.54) is 24.1 Å². The van der Waals surface area contributed by atoms with Crippen LogP contribution in [0.4, 0.5) is 4.79 Å². The van der Waals surface area contributed by atoms with Gasteiger partial charge in [-0.2, -0.15) is 0 Å². The molecule has 3 N–H and O–H groups in total. The number of hydrogen-bond donors (Lipinski definition) is 3. The largest absolute Gasteiger partial charge is 0.478 e. The van der Waals surface area contributed by atoms with Crippen molar-refractivity contribution in [1.82, 2.24) is 14.8 Å². The van der Waals surface area contributed by atoms with Crippen molar-refractivity contribution < 1.29 is 34.1 Å². The minimum atomic E-state index is -1.28. The smallest absolute Gasteiger partial charge is 0.408 e. The fraction of sp³-hybridized carbons (Fsp3) is 0.200. The zero-order valence-corrected chi connectivity index (χ0v) is 21.8. The number of nitrogens with one attached hydrogen (secondary N) is 1. The highest BCUT2D eigenvalue weighted by Crippen LogP contribution is 2.23. The molecule has 206 valence electrons. The van der Waals surface area contributed by atoms with Gasteiger partial charge in [0.05, 0.1) is 12.7 Å². The first kappa shape index (κ1) is 27.9. The summed E-state index contributed by atoms with van der Waals surface area (Å²) in [6.45, 7) is -0.590. The lowest BCUT2D eigenvalue weighted by molar-refractivity contribution is -0.153. The van der Waals surface area contributed by atoms with Gasteiger partial charge in [0.25, 0.3) is 0 Å². The van der Waals surface area contributed by atoms with E-state index in [4.69, 9.17) is 4.74 Å². The third-order valence-electron chi connectivity index (χ3n) is 6.62. The number of aromatic amines is 1. The van der Waals surface area contributed by atoms with E-state index in [0.717, 1.165) is 21.4 Å². The van der Waals surface area contributed by atoms with E-state index in [1.807, 2.05) is 30.3 Å². The Kier molecular flexibility index (Phi) is 8.80. The number of esters is 1. The van der Waals surface area contributed by atoms with Crippen LogP contribution in [0.2, 0.25) is 0 Å². The first-order valence-corrected chi connectivity index (χ1v) is 12.5. The van der Waals surface area contributed by atoms with E-state index in [1.54, 1.807) is 42.6 Å². The summed E-state index contributed by atoms with van der Waals surface area (Å²) in [5.41, 5.74) is 2.99. The van der Waals surface area contributed by atoms with E-state index in [2.05, 4.69) is 4.98 Å². The van der Waals surface area contributed by atoms with Crippen LogP contribution in [0.5, 0.6) is 0 Å². The molecule has 0 aliphatic heterocycles. The summed E-state index contributed by atoms with van der Waals surface area (Å²) >= 11 is 0. The Morgan fingerprint density at radius 3 is 2.15 bits per heavy atom. The molecule has 2 amide bonds. The Morgan fingerprint density at radius 2 is 1.50 bits per heavy atom.